The van der Waals surface area contributed by atoms with Crippen LogP contribution < -0.4 is 10.6 Å². The zero-order chi connectivity index (χ0) is 13.6. The van der Waals surface area contributed by atoms with E-state index in [4.69, 9.17) is 11.6 Å². The van der Waals surface area contributed by atoms with Gasteiger partial charge in [-0.15, -0.1) is 0 Å². The standard InChI is InChI=1S/C10H14ClF3N4/c1-2-15-9-17-6-7(11)8(18-9)16-5-3-4-10(12,13)14/h6H,2-5H2,1H3,(H2,15,16,17,18). The maximum Gasteiger partial charge on any atom is 0.389 e. The summed E-state index contributed by atoms with van der Waals surface area (Å²) in [6.07, 6.45) is -3.59. The molecule has 0 bridgehead atoms. The molecule has 0 atom stereocenters. The van der Waals surface area contributed by atoms with Gasteiger partial charge in [0.2, 0.25) is 5.95 Å². The highest BCUT2D eigenvalue weighted by atomic mass is 35.5. The predicted octanol–water partition coefficient (Wildman–Crippen LogP) is 3.32. The molecule has 0 aromatic carbocycles. The lowest BCUT2D eigenvalue weighted by molar-refractivity contribution is -0.134. The van der Waals surface area contributed by atoms with E-state index in [1.165, 1.54) is 6.20 Å². The van der Waals surface area contributed by atoms with Crippen LogP contribution in [0.25, 0.3) is 0 Å². The molecule has 1 rings (SSSR count). The molecule has 0 fully saturated rings. The molecule has 1 aromatic heterocycles. The first-order valence-corrected chi connectivity index (χ1v) is 5.87. The Morgan fingerprint density at radius 2 is 2.06 bits per heavy atom. The maximum atomic E-state index is 11.9. The van der Waals surface area contributed by atoms with Crippen LogP contribution in [0.5, 0.6) is 0 Å². The smallest absolute Gasteiger partial charge is 0.369 e. The number of alkyl halides is 3. The first-order valence-electron chi connectivity index (χ1n) is 5.49. The van der Waals surface area contributed by atoms with Gasteiger partial charge in [-0.2, -0.15) is 18.2 Å². The van der Waals surface area contributed by atoms with E-state index < -0.39 is 12.6 Å². The first-order chi connectivity index (χ1) is 8.42. The second kappa shape index (κ2) is 6.63. The summed E-state index contributed by atoms with van der Waals surface area (Å²) in [5.41, 5.74) is 0. The van der Waals surface area contributed by atoms with Crippen LogP contribution in [0.3, 0.4) is 0 Å². The summed E-state index contributed by atoms with van der Waals surface area (Å²) in [6.45, 7) is 2.69. The number of anilines is 2. The molecular formula is C10H14ClF3N4. The van der Waals surface area contributed by atoms with Gasteiger partial charge in [0.1, 0.15) is 10.8 Å². The molecule has 0 aliphatic carbocycles. The van der Waals surface area contributed by atoms with Gasteiger partial charge in [-0.05, 0) is 13.3 Å². The fourth-order valence-corrected chi connectivity index (χ4v) is 1.39. The molecule has 102 valence electrons. The molecule has 0 radical (unpaired) electrons. The van der Waals surface area contributed by atoms with E-state index in [2.05, 4.69) is 20.6 Å². The summed E-state index contributed by atoms with van der Waals surface area (Å²) in [6, 6.07) is 0. The van der Waals surface area contributed by atoms with E-state index in [1.807, 2.05) is 6.92 Å². The fraction of sp³-hybridized carbons (Fsp3) is 0.600. The number of nitrogens with zero attached hydrogens (tertiary/aromatic N) is 2. The van der Waals surface area contributed by atoms with Crippen molar-refractivity contribution in [3.63, 3.8) is 0 Å². The predicted molar refractivity (Wildman–Crippen MR) is 65.0 cm³/mol. The van der Waals surface area contributed by atoms with Crippen LogP contribution in [-0.2, 0) is 0 Å². The molecule has 4 nitrogen and oxygen atoms in total. The molecule has 0 saturated carbocycles. The molecule has 1 heterocycles. The first kappa shape index (κ1) is 14.8. The minimum Gasteiger partial charge on any atom is -0.369 e. The lowest BCUT2D eigenvalue weighted by Gasteiger charge is -2.10. The Balaban J connectivity index is 2.48. The van der Waals surface area contributed by atoms with Gasteiger partial charge in [0.15, 0.2) is 0 Å². The number of hydrogen-bond acceptors (Lipinski definition) is 4. The lowest BCUT2D eigenvalue weighted by atomic mass is 10.3. The largest absolute Gasteiger partial charge is 0.389 e. The third-order valence-electron chi connectivity index (χ3n) is 2.01. The Bertz CT molecular complexity index is 384. The van der Waals surface area contributed by atoms with Gasteiger partial charge < -0.3 is 10.6 Å². The Morgan fingerprint density at radius 1 is 1.33 bits per heavy atom. The van der Waals surface area contributed by atoms with E-state index in [9.17, 15) is 13.2 Å². The Morgan fingerprint density at radius 3 is 2.67 bits per heavy atom. The van der Waals surface area contributed by atoms with E-state index in [0.29, 0.717) is 18.3 Å². The van der Waals surface area contributed by atoms with Gasteiger partial charge in [0, 0.05) is 19.5 Å². The van der Waals surface area contributed by atoms with Gasteiger partial charge in [0.05, 0.1) is 6.20 Å². The van der Waals surface area contributed by atoms with Crippen LogP contribution in [-0.4, -0.2) is 29.2 Å². The number of hydrogen-bond donors (Lipinski definition) is 2. The third kappa shape index (κ3) is 5.39. The van der Waals surface area contributed by atoms with Crippen molar-refractivity contribution in [2.45, 2.75) is 25.9 Å². The fourth-order valence-electron chi connectivity index (χ4n) is 1.23. The zero-order valence-corrected chi connectivity index (χ0v) is 10.6. The summed E-state index contributed by atoms with van der Waals surface area (Å²) in [5.74, 6) is 0.727. The molecule has 0 unspecified atom stereocenters. The molecule has 1 aromatic rings. The van der Waals surface area contributed by atoms with Crippen molar-refractivity contribution >= 4 is 23.4 Å². The highest BCUT2D eigenvalue weighted by Crippen LogP contribution is 2.22. The molecular weight excluding hydrogens is 269 g/mol. The summed E-state index contributed by atoms with van der Waals surface area (Å²) in [5, 5.41) is 5.93. The van der Waals surface area contributed by atoms with E-state index in [-0.39, 0.29) is 18.0 Å². The van der Waals surface area contributed by atoms with Crippen molar-refractivity contribution in [3.05, 3.63) is 11.2 Å². The molecule has 0 spiro atoms. The summed E-state index contributed by atoms with van der Waals surface area (Å²) < 4.78 is 35.8. The van der Waals surface area contributed by atoms with Crippen LogP contribution in [0, 0.1) is 0 Å². The number of aromatic nitrogens is 2. The van der Waals surface area contributed by atoms with Crippen molar-refractivity contribution < 1.29 is 13.2 Å². The van der Waals surface area contributed by atoms with Crippen molar-refractivity contribution in [2.75, 3.05) is 23.7 Å². The molecule has 0 aliphatic rings. The number of nitrogens with one attached hydrogen (secondary N) is 2. The van der Waals surface area contributed by atoms with Crippen LogP contribution in [0.2, 0.25) is 5.02 Å². The maximum absolute atomic E-state index is 11.9. The Kier molecular flexibility index (Phi) is 5.46. The number of rotatable bonds is 6. The molecule has 0 amide bonds. The quantitative estimate of drug-likeness (QED) is 0.786. The van der Waals surface area contributed by atoms with Gasteiger partial charge in [-0.3, -0.25) is 0 Å². The highest BCUT2D eigenvalue weighted by Gasteiger charge is 2.25. The zero-order valence-electron chi connectivity index (χ0n) is 9.81. The van der Waals surface area contributed by atoms with Crippen molar-refractivity contribution in [2.24, 2.45) is 0 Å². The van der Waals surface area contributed by atoms with Crippen LogP contribution in [0.15, 0.2) is 6.20 Å². The highest BCUT2D eigenvalue weighted by molar-refractivity contribution is 6.32. The van der Waals surface area contributed by atoms with E-state index in [1.54, 1.807) is 0 Å². The third-order valence-corrected chi connectivity index (χ3v) is 2.29. The van der Waals surface area contributed by atoms with E-state index in [0.717, 1.165) is 0 Å². The van der Waals surface area contributed by atoms with Crippen molar-refractivity contribution in [1.29, 1.82) is 0 Å². The molecule has 0 aliphatic heterocycles. The van der Waals surface area contributed by atoms with Crippen molar-refractivity contribution in [3.8, 4) is 0 Å². The normalized spacial score (nSPS) is 11.4. The minimum atomic E-state index is -4.13. The van der Waals surface area contributed by atoms with Gasteiger partial charge in [0.25, 0.3) is 0 Å². The van der Waals surface area contributed by atoms with Crippen LogP contribution in [0.4, 0.5) is 24.9 Å². The summed E-state index contributed by atoms with van der Waals surface area (Å²) in [4.78, 5) is 7.97. The summed E-state index contributed by atoms with van der Waals surface area (Å²) >= 11 is 5.83. The monoisotopic (exact) mass is 282 g/mol. The average Bonchev–Trinajstić information content (AvgIpc) is 2.27. The Labute approximate surface area is 108 Å². The average molecular weight is 283 g/mol. The molecule has 0 saturated heterocycles. The molecule has 2 N–H and O–H groups in total. The van der Waals surface area contributed by atoms with Crippen molar-refractivity contribution in [1.82, 2.24) is 9.97 Å². The van der Waals surface area contributed by atoms with Crippen LogP contribution >= 0.6 is 11.6 Å². The second-order valence-electron chi connectivity index (χ2n) is 3.57. The van der Waals surface area contributed by atoms with Gasteiger partial charge >= 0.3 is 6.18 Å². The second-order valence-corrected chi connectivity index (χ2v) is 3.97. The van der Waals surface area contributed by atoms with E-state index >= 15 is 0 Å². The summed E-state index contributed by atoms with van der Waals surface area (Å²) in [7, 11) is 0. The minimum absolute atomic E-state index is 0.0274. The SMILES string of the molecule is CCNc1ncc(Cl)c(NCCCC(F)(F)F)n1. The van der Waals surface area contributed by atoms with Gasteiger partial charge in [-0.25, -0.2) is 4.98 Å². The van der Waals surface area contributed by atoms with Gasteiger partial charge in [-0.1, -0.05) is 11.6 Å². The van der Waals surface area contributed by atoms with Crippen LogP contribution in [0.1, 0.15) is 19.8 Å². The molecule has 8 heteroatoms. The topological polar surface area (TPSA) is 49.8 Å². The Hall–Kier alpha value is -1.24. The number of halogens is 4. The molecule has 18 heavy (non-hydrogen) atoms. The lowest BCUT2D eigenvalue weighted by Crippen LogP contribution is -2.12.